The predicted octanol–water partition coefficient (Wildman–Crippen LogP) is 7.74. The summed E-state index contributed by atoms with van der Waals surface area (Å²) in [5, 5.41) is 3.30. The molecule has 1 radical (unpaired) electrons. The number of benzene rings is 5. The van der Waals surface area contributed by atoms with Gasteiger partial charge in [-0.2, -0.15) is 23.4 Å². The molecule has 76 heavy (non-hydrogen) atoms. The van der Waals surface area contributed by atoms with Crippen LogP contribution >= 0.6 is 32.6 Å². The van der Waals surface area contributed by atoms with Gasteiger partial charge in [-0.3, -0.25) is 9.27 Å². The van der Waals surface area contributed by atoms with Crippen LogP contribution < -0.4 is 25.7 Å². The van der Waals surface area contributed by atoms with Crippen molar-refractivity contribution in [2.45, 2.75) is 31.4 Å². The molecule has 8 bridgehead atoms. The van der Waals surface area contributed by atoms with Gasteiger partial charge in [0.1, 0.15) is 43.3 Å². The summed E-state index contributed by atoms with van der Waals surface area (Å²) in [7, 11) is -22.9. The van der Waals surface area contributed by atoms with E-state index in [2.05, 4.69) is 54.9 Å². The van der Waals surface area contributed by atoms with Gasteiger partial charge in [0, 0.05) is 50.5 Å². The van der Waals surface area contributed by atoms with E-state index in [1.54, 1.807) is 0 Å². The van der Waals surface area contributed by atoms with Crippen molar-refractivity contribution < 1.29 is 79.4 Å². The van der Waals surface area contributed by atoms with E-state index in [0.29, 0.717) is 0 Å². The second-order valence-electron chi connectivity index (χ2n) is 16.4. The SMILES string of the molecule is Cc1nc(N)nc(Nc2ccc(S(=O)(=O)O)c(NS(=O)(=O)c3ccc4c(c3)-c3nc-4nc4[n-]c(nc5nc(nc6[n-]c(n3)c3ccc(S(O)(O)O)cc63)-c3ccc(S(O)(O)O)cc3-5)c3cc(S(O)(O)O)ccc43)c2)n1.[Cu+2]. The first-order chi connectivity index (χ1) is 35.2. The minimum absolute atomic E-state index is 0. The quantitative estimate of drug-likeness (QED) is 0.0485. The third-order valence-corrected chi connectivity index (χ3v) is 16.3. The molecule has 2 aliphatic heterocycles. The van der Waals surface area contributed by atoms with E-state index in [9.17, 15) is 62.4 Å². The molecule has 0 aliphatic carbocycles. The number of aromatic nitrogens is 11. The van der Waals surface area contributed by atoms with Gasteiger partial charge in [-0.15, -0.1) is 0 Å². The maximum absolute atomic E-state index is 14.4. The zero-order chi connectivity index (χ0) is 53.3. The smallest absolute Gasteiger partial charge is 0.368 e. The van der Waals surface area contributed by atoms with E-state index < -0.39 is 68.2 Å². The summed E-state index contributed by atoms with van der Waals surface area (Å²) in [6.45, 7) is 1.54. The number of sulfonamides is 1. The first-order valence-corrected chi connectivity index (χ1v) is 28.3. The van der Waals surface area contributed by atoms with Gasteiger partial charge in [0.25, 0.3) is 20.1 Å². The van der Waals surface area contributed by atoms with Crippen molar-refractivity contribution >= 4 is 120 Å². The molecule has 34 heteroatoms. The summed E-state index contributed by atoms with van der Waals surface area (Å²) in [5.74, 6) is -0.651. The zero-order valence-electron chi connectivity index (χ0n) is 37.6. The summed E-state index contributed by atoms with van der Waals surface area (Å²) in [4.78, 5) is 46.9. The fraction of sp³-hybridized carbons (Fsp3) is 0.0238. The van der Waals surface area contributed by atoms with E-state index in [1.807, 2.05) is 0 Å². The van der Waals surface area contributed by atoms with Gasteiger partial charge in [-0.05, 0) is 95.2 Å². The number of nitrogens with zero attached hydrogens (tertiary/aromatic N) is 11. The Morgan fingerprint density at radius 2 is 0.895 bits per heavy atom. The Labute approximate surface area is 441 Å². The maximum atomic E-state index is 14.4. The van der Waals surface area contributed by atoms with Crippen LogP contribution in [0.1, 0.15) is 5.82 Å². The number of rotatable bonds is 9. The Kier molecular flexibility index (Phi) is 12.6. The van der Waals surface area contributed by atoms with Crippen molar-refractivity contribution in [3.8, 4) is 45.6 Å². The molecule has 6 heterocycles. The molecule has 28 nitrogen and oxygen atoms in total. The molecule has 0 saturated carbocycles. The van der Waals surface area contributed by atoms with Crippen molar-refractivity contribution in [1.29, 1.82) is 0 Å². The molecule has 0 saturated heterocycles. The molecular formula is C42H32CuN14O14S5. The number of fused-ring (bicyclic) bond motifs is 20. The third-order valence-electron chi connectivity index (χ3n) is 11.4. The van der Waals surface area contributed by atoms with Crippen LogP contribution in [0, 0.1) is 6.92 Å². The number of nitrogen functional groups attached to an aromatic ring is 1. The average Bonchev–Trinajstić information content (AvgIpc) is 4.07. The predicted molar refractivity (Wildman–Crippen MR) is 275 cm³/mol. The molecular weight excluding hydrogens is 1150 g/mol. The van der Waals surface area contributed by atoms with Gasteiger partial charge in [-0.1, -0.05) is 24.3 Å². The second-order valence-corrected chi connectivity index (χ2v) is 23.9. The number of hydrogen-bond acceptors (Lipinski definition) is 24. The topological polar surface area (TPSA) is 465 Å². The Morgan fingerprint density at radius 3 is 1.37 bits per heavy atom. The van der Waals surface area contributed by atoms with E-state index in [0.717, 1.165) is 24.3 Å². The molecule has 0 fully saturated rings. The molecule has 14 N–H and O–H groups in total. The second kappa shape index (κ2) is 18.3. The van der Waals surface area contributed by atoms with Crippen molar-refractivity contribution in [3.05, 3.63) is 96.8 Å². The summed E-state index contributed by atoms with van der Waals surface area (Å²) < 4.78 is 159. The molecule has 0 unspecified atom stereocenters. The van der Waals surface area contributed by atoms with E-state index >= 15 is 0 Å². The van der Waals surface area contributed by atoms with Crippen molar-refractivity contribution in [2.75, 3.05) is 15.8 Å². The average molecular weight is 1180 g/mol. The molecule has 9 aromatic rings. The molecule has 0 spiro atoms. The number of hydrogen-bond donors (Lipinski definition) is 13. The molecule has 5 aromatic carbocycles. The van der Waals surface area contributed by atoms with Crippen LogP contribution in [0.3, 0.4) is 0 Å². The summed E-state index contributed by atoms with van der Waals surface area (Å²) >= 11 is 0. The van der Waals surface area contributed by atoms with Crippen molar-refractivity contribution in [1.82, 2.24) is 54.8 Å². The van der Waals surface area contributed by atoms with Crippen molar-refractivity contribution in [2.24, 2.45) is 0 Å². The Morgan fingerprint density at radius 1 is 0.461 bits per heavy atom. The molecule has 395 valence electrons. The van der Waals surface area contributed by atoms with Crippen LogP contribution in [-0.2, 0) is 37.2 Å². The van der Waals surface area contributed by atoms with Crippen LogP contribution in [0.4, 0.5) is 23.3 Å². The van der Waals surface area contributed by atoms with E-state index in [-0.39, 0.29) is 145 Å². The number of nitrogens with one attached hydrogen (secondary N) is 2. The van der Waals surface area contributed by atoms with Gasteiger partial charge in [0.05, 0.1) is 48.6 Å². The third kappa shape index (κ3) is 9.73. The Bertz CT molecular complexity index is 4360. The van der Waals surface area contributed by atoms with Crippen LogP contribution in [0.5, 0.6) is 0 Å². The van der Waals surface area contributed by atoms with Crippen molar-refractivity contribution in [3.63, 3.8) is 0 Å². The molecule has 11 rings (SSSR count). The number of nitrogens with two attached hydrogens (primary N) is 1. The van der Waals surface area contributed by atoms with Gasteiger partial charge in [0.15, 0.2) is 0 Å². The van der Waals surface area contributed by atoms with E-state index in [1.165, 1.54) is 73.7 Å². The summed E-state index contributed by atoms with van der Waals surface area (Å²) in [6, 6.07) is 18.0. The normalized spacial score (nSPS) is 13.5. The minimum atomic E-state index is -5.06. The molecule has 0 amide bonds. The fourth-order valence-corrected chi connectivity index (χ4v) is 11.4. The fourth-order valence-electron chi connectivity index (χ4n) is 8.06. The Balaban J connectivity index is 0.00000657. The molecule has 2 aliphatic rings. The van der Waals surface area contributed by atoms with Gasteiger partial charge < -0.3 is 81.9 Å². The van der Waals surface area contributed by atoms with Crippen LogP contribution in [-0.4, -0.2) is 107 Å². The maximum Gasteiger partial charge on any atom is 2.00 e. The molecule has 4 aromatic heterocycles. The summed E-state index contributed by atoms with van der Waals surface area (Å²) in [5.41, 5.74) is 4.99. The van der Waals surface area contributed by atoms with Crippen LogP contribution in [0.15, 0.2) is 115 Å². The number of anilines is 4. The number of aryl methyl sites for hydroxylation is 1. The first-order valence-electron chi connectivity index (χ1n) is 20.9. The van der Waals surface area contributed by atoms with E-state index in [4.69, 9.17) is 15.7 Å². The molecule has 0 atom stereocenters. The van der Waals surface area contributed by atoms with Crippen LogP contribution in [0.2, 0.25) is 0 Å². The van der Waals surface area contributed by atoms with Gasteiger partial charge in [0.2, 0.25) is 11.9 Å². The van der Waals surface area contributed by atoms with Gasteiger partial charge in [-0.25, -0.2) is 18.4 Å². The Hall–Kier alpha value is -7.06. The van der Waals surface area contributed by atoms with Gasteiger partial charge >= 0.3 is 17.1 Å². The zero-order valence-corrected chi connectivity index (χ0v) is 42.6. The monoisotopic (exact) mass is 1180 g/mol. The largest absolute Gasteiger partial charge is 2.00 e. The first kappa shape index (κ1) is 52.4. The van der Waals surface area contributed by atoms with Crippen LogP contribution in [0.25, 0.3) is 89.7 Å². The standard InChI is InChI=1S/C42H32N14O14S5.Cu/c1-17-44-41(43)55-42(45-17)46-18-2-11-32(75(68,69)70)31(12-18)56-71(57,58)19-3-7-23-27(13-19)37-48-33(23)47-34-24-8-4-21(73(62,63)64)15-29(24)39(49-34)54-40-30-16-22(74(65,66)67)6-10-26(30)36(53-40)52-38-28-14-20(72(59,60)61)5-9-25(28)35(50-37)51-38;/h2-16,56H,1H3,(H13-2,43,44,45,46,47,48,49,50,51,52,53,54,55,59,60,61,62,63,64,65,66,67,68,69,70);/q-2;+2. The minimum Gasteiger partial charge on any atom is -0.368 e. The summed E-state index contributed by atoms with van der Waals surface area (Å²) in [6.07, 6.45) is 0.